The molecule has 3 N–H and O–H groups in total. The van der Waals surface area contributed by atoms with Crippen LogP contribution in [0.2, 0.25) is 0 Å². The molecule has 3 aromatic carbocycles. The molecule has 1 aromatic heterocycles. The highest BCUT2D eigenvalue weighted by Gasteiger charge is 2.15. The predicted molar refractivity (Wildman–Crippen MR) is 151 cm³/mol. The number of hydrogen-bond donors (Lipinski definition) is 2. The Morgan fingerprint density at radius 2 is 1.56 bits per heavy atom. The molecule has 6 heteroatoms. The largest absolute Gasteiger partial charge is 0.366 e. The van der Waals surface area contributed by atoms with E-state index in [2.05, 4.69) is 61.0 Å². The lowest BCUT2D eigenvalue weighted by atomic mass is 10.1. The van der Waals surface area contributed by atoms with Gasteiger partial charge in [-0.25, -0.2) is 0 Å². The molecule has 0 bridgehead atoms. The number of nitrogens with one attached hydrogen (secondary N) is 1. The van der Waals surface area contributed by atoms with Crippen LogP contribution >= 0.6 is 11.8 Å². The van der Waals surface area contributed by atoms with Gasteiger partial charge in [-0.15, -0.1) is 11.8 Å². The minimum absolute atomic E-state index is 0. The summed E-state index contributed by atoms with van der Waals surface area (Å²) >= 11 is 1.81. The van der Waals surface area contributed by atoms with Crippen molar-refractivity contribution < 1.29 is 9.59 Å². The average molecular weight is 502 g/mol. The van der Waals surface area contributed by atoms with Crippen LogP contribution in [-0.4, -0.2) is 22.1 Å². The molecule has 0 aliphatic carbocycles. The van der Waals surface area contributed by atoms with Gasteiger partial charge in [0.2, 0.25) is 5.91 Å². The van der Waals surface area contributed by atoms with Crippen molar-refractivity contribution in [3.63, 3.8) is 0 Å². The Balaban J connectivity index is 0.00000361. The molecule has 0 radical (unpaired) electrons. The zero-order chi connectivity index (χ0) is 24.9. The van der Waals surface area contributed by atoms with E-state index in [0.29, 0.717) is 17.7 Å². The van der Waals surface area contributed by atoms with Gasteiger partial charge in [-0.05, 0) is 79.3 Å². The van der Waals surface area contributed by atoms with E-state index < -0.39 is 5.91 Å². The third kappa shape index (κ3) is 6.18. The van der Waals surface area contributed by atoms with E-state index >= 15 is 0 Å². The lowest BCUT2D eigenvalue weighted by molar-refractivity contribution is 0.0949. The summed E-state index contributed by atoms with van der Waals surface area (Å²) in [5.74, 6) is 0.534. The topological polar surface area (TPSA) is 77.1 Å². The molecule has 0 fully saturated rings. The number of aromatic nitrogens is 1. The van der Waals surface area contributed by atoms with Gasteiger partial charge >= 0.3 is 0 Å². The number of nitrogens with two attached hydrogens (primary N) is 1. The third-order valence-corrected chi connectivity index (χ3v) is 6.90. The van der Waals surface area contributed by atoms with E-state index in [4.69, 9.17) is 5.73 Å². The standard InChI is InChI=1S/C29H31N3O2S.CH4/c1-4-35-26-12-7-21(8-13-26)18-31-29(34)23-11-14-27-24(16-23)17-25(32(27)19(2)3)15-20-5-9-22(10-6-20)28(30)33;/h5-14,16-17,19H,4,15,18H2,1-3H3,(H2,30,33)(H,31,34);1H4. The lowest BCUT2D eigenvalue weighted by Gasteiger charge is -2.15. The number of hydrogen-bond acceptors (Lipinski definition) is 3. The highest BCUT2D eigenvalue weighted by Crippen LogP contribution is 2.27. The van der Waals surface area contributed by atoms with Crippen molar-refractivity contribution in [1.29, 1.82) is 0 Å². The molecule has 4 rings (SSSR count). The minimum Gasteiger partial charge on any atom is -0.366 e. The molecule has 188 valence electrons. The van der Waals surface area contributed by atoms with Crippen molar-refractivity contribution in [2.75, 3.05) is 5.75 Å². The third-order valence-electron chi connectivity index (χ3n) is 6.01. The first kappa shape index (κ1) is 27.1. The zero-order valence-corrected chi connectivity index (χ0v) is 21.2. The van der Waals surface area contributed by atoms with Crippen LogP contribution < -0.4 is 11.1 Å². The van der Waals surface area contributed by atoms with Crippen LogP contribution in [0, 0.1) is 0 Å². The molecule has 0 saturated carbocycles. The fourth-order valence-corrected chi connectivity index (χ4v) is 4.99. The molecular weight excluding hydrogens is 466 g/mol. The van der Waals surface area contributed by atoms with Crippen LogP contribution in [0.1, 0.15) is 71.8 Å². The number of primary amides is 1. The maximum atomic E-state index is 12.9. The van der Waals surface area contributed by atoms with Gasteiger partial charge in [-0.1, -0.05) is 38.6 Å². The number of amides is 2. The summed E-state index contributed by atoms with van der Waals surface area (Å²) in [6.07, 6.45) is 0.722. The molecule has 36 heavy (non-hydrogen) atoms. The van der Waals surface area contributed by atoms with Crippen LogP contribution in [0.25, 0.3) is 10.9 Å². The number of nitrogens with zero attached hydrogens (tertiary/aromatic N) is 1. The Kier molecular flexibility index (Phi) is 8.99. The first-order chi connectivity index (χ1) is 16.9. The van der Waals surface area contributed by atoms with Crippen molar-refractivity contribution in [2.45, 2.75) is 52.1 Å². The van der Waals surface area contributed by atoms with E-state index in [1.807, 2.05) is 30.3 Å². The molecule has 2 amide bonds. The van der Waals surface area contributed by atoms with E-state index in [1.54, 1.807) is 23.9 Å². The maximum absolute atomic E-state index is 12.9. The number of benzene rings is 3. The Morgan fingerprint density at radius 3 is 2.17 bits per heavy atom. The zero-order valence-electron chi connectivity index (χ0n) is 20.4. The molecule has 0 atom stereocenters. The van der Waals surface area contributed by atoms with E-state index in [-0.39, 0.29) is 19.4 Å². The summed E-state index contributed by atoms with van der Waals surface area (Å²) in [6, 6.07) is 24.0. The van der Waals surface area contributed by atoms with Crippen LogP contribution in [0.15, 0.2) is 77.7 Å². The van der Waals surface area contributed by atoms with Gasteiger partial charge in [0.15, 0.2) is 0 Å². The minimum atomic E-state index is -0.425. The van der Waals surface area contributed by atoms with Gasteiger partial charge < -0.3 is 15.6 Å². The molecule has 1 heterocycles. The first-order valence-corrected chi connectivity index (χ1v) is 12.9. The normalized spacial score (nSPS) is 10.9. The Labute approximate surface area is 218 Å². The number of carbonyl (C=O) groups excluding carboxylic acids is 2. The Morgan fingerprint density at radius 1 is 0.917 bits per heavy atom. The Bertz CT molecular complexity index is 1340. The molecule has 4 aromatic rings. The molecule has 0 saturated heterocycles. The second kappa shape index (κ2) is 12.0. The van der Waals surface area contributed by atoms with Gasteiger partial charge in [0.1, 0.15) is 0 Å². The second-order valence-corrected chi connectivity index (χ2v) is 10.2. The summed E-state index contributed by atoms with van der Waals surface area (Å²) in [5, 5.41) is 4.08. The maximum Gasteiger partial charge on any atom is 0.251 e. The first-order valence-electron chi connectivity index (χ1n) is 11.9. The van der Waals surface area contributed by atoms with Crippen LogP contribution in [0.4, 0.5) is 0 Å². The van der Waals surface area contributed by atoms with Gasteiger partial charge in [-0.3, -0.25) is 9.59 Å². The van der Waals surface area contributed by atoms with Gasteiger partial charge in [-0.2, -0.15) is 0 Å². The van der Waals surface area contributed by atoms with Crippen molar-refractivity contribution in [3.8, 4) is 0 Å². The number of fused-ring (bicyclic) bond motifs is 1. The smallest absolute Gasteiger partial charge is 0.251 e. The van der Waals surface area contributed by atoms with Gasteiger partial charge in [0.25, 0.3) is 5.91 Å². The molecule has 0 spiro atoms. The molecule has 0 aliphatic heterocycles. The number of carbonyl (C=O) groups is 2. The van der Waals surface area contributed by atoms with Crippen molar-refractivity contribution in [3.05, 3.63) is 101 Å². The number of thioether (sulfide) groups is 1. The summed E-state index contributed by atoms with van der Waals surface area (Å²) < 4.78 is 2.30. The summed E-state index contributed by atoms with van der Waals surface area (Å²) in [5.41, 5.74) is 11.0. The van der Waals surface area contributed by atoms with Crippen LogP contribution in [0.5, 0.6) is 0 Å². The van der Waals surface area contributed by atoms with E-state index in [9.17, 15) is 9.59 Å². The van der Waals surface area contributed by atoms with Crippen molar-refractivity contribution >= 4 is 34.5 Å². The van der Waals surface area contributed by atoms with Crippen LogP contribution in [-0.2, 0) is 13.0 Å². The highest BCUT2D eigenvalue weighted by atomic mass is 32.2. The SMILES string of the molecule is C.CCSc1ccc(CNC(=O)c2ccc3c(c2)cc(Cc2ccc(C(N)=O)cc2)n3C(C)C)cc1. The monoisotopic (exact) mass is 501 g/mol. The second-order valence-electron chi connectivity index (χ2n) is 8.87. The van der Waals surface area contributed by atoms with E-state index in [1.165, 1.54) is 4.90 Å². The fourth-order valence-electron chi connectivity index (χ4n) is 4.33. The van der Waals surface area contributed by atoms with Crippen molar-refractivity contribution in [1.82, 2.24) is 9.88 Å². The summed E-state index contributed by atoms with van der Waals surface area (Å²) in [7, 11) is 0. The molecule has 0 aliphatic rings. The van der Waals surface area contributed by atoms with Gasteiger partial charge in [0.05, 0.1) is 0 Å². The van der Waals surface area contributed by atoms with E-state index in [0.717, 1.165) is 39.9 Å². The highest BCUT2D eigenvalue weighted by molar-refractivity contribution is 7.99. The molecular formula is C30H35N3O2S. The average Bonchev–Trinajstić information content (AvgIpc) is 3.21. The molecule has 5 nitrogen and oxygen atoms in total. The summed E-state index contributed by atoms with van der Waals surface area (Å²) in [6.45, 7) is 6.94. The summed E-state index contributed by atoms with van der Waals surface area (Å²) in [4.78, 5) is 25.5. The predicted octanol–water partition coefficient (Wildman–Crippen LogP) is 6.59. The quantitative estimate of drug-likeness (QED) is 0.254. The number of rotatable bonds is 9. The van der Waals surface area contributed by atoms with Gasteiger partial charge in [0, 0.05) is 51.6 Å². The van der Waals surface area contributed by atoms with Crippen molar-refractivity contribution in [2.24, 2.45) is 5.73 Å². The fraction of sp³-hybridized carbons (Fsp3) is 0.267. The van der Waals surface area contributed by atoms with Crippen LogP contribution in [0.3, 0.4) is 0 Å². The Hall–Kier alpha value is -3.51. The molecule has 0 unspecified atom stereocenters. The lowest BCUT2D eigenvalue weighted by Crippen LogP contribution is -2.22.